The number of nitrogens with one attached hydrogen (secondary N) is 4. The lowest BCUT2D eigenvalue weighted by atomic mass is 10.1. The van der Waals surface area contributed by atoms with E-state index in [1.807, 2.05) is 62.7 Å². The summed E-state index contributed by atoms with van der Waals surface area (Å²) in [5.74, 6) is -1.40. The van der Waals surface area contributed by atoms with Crippen LogP contribution in [0.3, 0.4) is 0 Å². The van der Waals surface area contributed by atoms with E-state index >= 15 is 0 Å². The summed E-state index contributed by atoms with van der Waals surface area (Å²) in [5.41, 5.74) is 2.47. The third-order valence-electron chi connectivity index (χ3n) is 23.5. The van der Waals surface area contributed by atoms with Crippen molar-refractivity contribution in [1.29, 1.82) is 0 Å². The average molecular weight is 2100 g/mol. The van der Waals surface area contributed by atoms with Crippen molar-refractivity contribution < 1.29 is 126 Å². The number of ether oxygens (including phenoxy) is 13. The van der Waals surface area contributed by atoms with Crippen LogP contribution in [-0.4, -0.2) is 338 Å². The van der Waals surface area contributed by atoms with E-state index in [4.69, 9.17) is 99.6 Å². The number of methoxy groups -OCH3 is 3. The SMILES string of the molecule is CCOP(C)(=O)C[C@@H](OCC(=O)CO)[C@H]1O[C@@H](n2cc(C)c(=O)n(COCc3ccccc3)c2=O)[C@H](OCCOC)[C@@H]1O[Si](C)(C)C(C)(C)C.CCOP(C)(=O)C[C@@H](OCC(=O)NC)[C@H]1O[C@@H](n2cc(C)c(=O)[nH]c2=O)[C@H](OCCOC)[C@@H]1O[Si](C)(C)C(C)(C)C.CN.[C-]#[N+]CCOP(O[C@H]1[C@@H](OCCOC)[C@H](n2cc(C)c(=O)[nH]c2=O)O[C@@H]1[C@@H](CP(C)(=O)OCC)OCC(=O)NC)N(C(C)C)C(C)C. The molecule has 0 bridgehead atoms. The van der Waals surface area contributed by atoms with Crippen molar-refractivity contribution >= 4 is 64.9 Å². The van der Waals surface area contributed by atoms with Crippen molar-refractivity contribution in [2.24, 2.45) is 5.73 Å². The van der Waals surface area contributed by atoms with Gasteiger partial charge in [0.05, 0.1) is 103 Å². The molecule has 0 radical (unpaired) electrons. The minimum Gasteiger partial charge on any atom is -0.408 e. The Hall–Kier alpha value is -6.01. The lowest BCUT2D eigenvalue weighted by Gasteiger charge is -2.41. The summed E-state index contributed by atoms with van der Waals surface area (Å²) in [7, 11) is -7.76. The van der Waals surface area contributed by atoms with Gasteiger partial charge in [-0.2, -0.15) is 0 Å². The molecule has 7 N–H and O–H groups in total. The van der Waals surface area contributed by atoms with E-state index in [0.29, 0.717) is 5.56 Å². The van der Waals surface area contributed by atoms with E-state index in [-0.39, 0.29) is 150 Å². The number of rotatable bonds is 56. The van der Waals surface area contributed by atoms with Gasteiger partial charge in [0, 0.05) is 103 Å². The quantitative estimate of drug-likeness (QED) is 0.0105. The number of carbonyl (C=O) groups is 3. The zero-order valence-corrected chi connectivity index (χ0v) is 92.7. The van der Waals surface area contributed by atoms with Crippen LogP contribution in [0.15, 0.2) is 77.7 Å². The lowest BCUT2D eigenvalue weighted by Crippen LogP contribution is -2.53. The molecule has 6 heterocycles. The van der Waals surface area contributed by atoms with E-state index in [1.54, 1.807) is 48.7 Å². The highest BCUT2D eigenvalue weighted by atomic mass is 31.2. The third-order valence-corrected chi connectivity index (χ3v) is 40.1. The molecule has 3 aromatic heterocycles. The first-order valence-corrected chi connectivity index (χ1v) is 60.4. The van der Waals surface area contributed by atoms with Crippen LogP contribution in [0.4, 0.5) is 0 Å². The van der Waals surface area contributed by atoms with Gasteiger partial charge in [-0.3, -0.25) is 66.1 Å². The van der Waals surface area contributed by atoms with E-state index in [9.17, 15) is 62.0 Å². The van der Waals surface area contributed by atoms with Crippen molar-refractivity contribution in [3.05, 3.63) is 145 Å². The second kappa shape index (κ2) is 59.7. The maximum absolute atomic E-state index is 14.1. The predicted molar refractivity (Wildman–Crippen MR) is 535 cm³/mol. The molecule has 44 nitrogen and oxygen atoms in total. The van der Waals surface area contributed by atoms with Crippen molar-refractivity contribution in [1.82, 2.24) is 43.5 Å². The second-order valence-electron chi connectivity index (χ2n) is 37.3. The molecule has 4 aromatic rings. The molecule has 3 aliphatic heterocycles. The van der Waals surface area contributed by atoms with Gasteiger partial charge in [0.15, 0.2) is 41.1 Å². The Morgan fingerprint density at radius 3 is 1.28 bits per heavy atom. The standard InChI is InChI=1S/C34H55N2O12PSi.C29H51N5O11P2.C26H48N3O10PSi.CH5N/c1-10-46-49(7,41)22-27(45-21-26(38)19-37)28-29(48-50(8,9)34(3,4)5)30(44-17-16-42-6)32(47-28)35-18-24(2)31(39)36(33(35)40)23-43-20-25-14-12-11-13-15-25;1-11-43-47(10,38)18-22(41-17-23(35)31-8)24-25(45-46(42-13-12-30-7)34(19(2)3)20(4)5)26(40-15-14-39-9)28(44-24)33-16-21(6)27(36)32-29(33)37;1-11-37-40(8,33)16-18(36-15-19(30)27-6)20-21(39-41(9,10)26(3,4)5)22(35-13-12-34-7)24(38-20)29-14-17(2)23(31)28-25(29)32;1-2/h11-15,18,27-30,32,37H,10,16-17,19-23H2,1-9H3;16,19-20,22,24-26,28H,11-15,17-18H2,1-6,8-10H3,(H,31,35)(H,32,36,37);14,18,20-22,24H,11-13,15-16H2,1-10H3,(H,27,30)(H,28,31,32);2H2,1H3/t27-,28-,29-,30-,32-,49?;22-,24-,25-,26-,28-,46?,47?;18-,20-,21-,22-,24-,40?;/m111./s1. The number of nitrogens with zero attached hydrogens (tertiary/aromatic N) is 6. The van der Waals surface area contributed by atoms with Crippen molar-refractivity contribution in [3.63, 3.8) is 0 Å². The number of aryl methyl sites for hydroxylation is 3. The zero-order valence-electron chi connectivity index (χ0n) is 87.1. The molecular formula is C90H159N11O33P4Si2. The highest BCUT2D eigenvalue weighted by Crippen LogP contribution is 2.55. The number of aromatic amines is 2. The molecule has 2 amide bonds. The Bertz CT molecular complexity index is 5040. The molecule has 7 rings (SSSR count). The van der Waals surface area contributed by atoms with Crippen LogP contribution in [0.2, 0.25) is 36.3 Å². The van der Waals surface area contributed by atoms with Crippen LogP contribution >= 0.6 is 30.6 Å². The largest absolute Gasteiger partial charge is 0.408 e. The molecule has 0 spiro atoms. The van der Waals surface area contributed by atoms with Gasteiger partial charge in [-0.05, 0) is 118 Å². The fourth-order valence-corrected chi connectivity index (χ4v) is 23.8. The fourth-order valence-electron chi connectivity index (χ4n) is 14.6. The number of aliphatic hydroxyl groups is 1. The molecule has 140 heavy (non-hydrogen) atoms. The van der Waals surface area contributed by atoms with Crippen molar-refractivity contribution in [3.8, 4) is 0 Å². The van der Waals surface area contributed by atoms with Gasteiger partial charge in [-0.15, -0.1) is 0 Å². The summed E-state index contributed by atoms with van der Waals surface area (Å²) in [5, 5.41) is 14.0. The second-order valence-corrected chi connectivity index (χ2v) is 56.2. The number of aliphatic hydroxyl groups excluding tert-OH is 1. The third kappa shape index (κ3) is 38.0. The molecule has 3 saturated heterocycles. The van der Waals surface area contributed by atoms with Gasteiger partial charge in [0.2, 0.25) is 40.5 Å². The molecule has 19 atom stereocenters. The molecule has 4 unspecified atom stereocenters. The number of aromatic nitrogens is 6. The maximum atomic E-state index is 14.1. The van der Waals surface area contributed by atoms with Crippen LogP contribution in [0, 0.1) is 27.3 Å². The van der Waals surface area contributed by atoms with E-state index in [0.717, 1.165) is 10.1 Å². The molecule has 0 saturated carbocycles. The Labute approximate surface area is 825 Å². The number of ketones is 1. The Kier molecular flexibility index (Phi) is 53.9. The highest BCUT2D eigenvalue weighted by molar-refractivity contribution is 7.58. The van der Waals surface area contributed by atoms with E-state index in [2.05, 4.69) is 98.9 Å². The summed E-state index contributed by atoms with van der Waals surface area (Å²) < 4.78 is 169. The van der Waals surface area contributed by atoms with Crippen LogP contribution < -0.4 is 50.1 Å². The first-order chi connectivity index (χ1) is 65.6. The molecule has 800 valence electrons. The molecule has 3 fully saturated rings. The number of likely N-dealkylation sites (N-methyl/N-ethyl adjacent to an activating group) is 2. The number of benzene rings is 1. The van der Waals surface area contributed by atoms with Gasteiger partial charge in [0.1, 0.15) is 94.7 Å². The van der Waals surface area contributed by atoms with Crippen molar-refractivity contribution in [2.45, 2.75) is 264 Å². The highest BCUT2D eigenvalue weighted by Gasteiger charge is 2.59. The van der Waals surface area contributed by atoms with Gasteiger partial charge in [-0.1, -0.05) is 71.9 Å². The first kappa shape index (κ1) is 126. The number of H-pyrrole nitrogens is 2. The number of amides is 2. The van der Waals surface area contributed by atoms with Gasteiger partial charge < -0.3 is 119 Å². The smallest absolute Gasteiger partial charge is 0.335 e. The van der Waals surface area contributed by atoms with E-state index in [1.165, 1.54) is 87.6 Å². The summed E-state index contributed by atoms with van der Waals surface area (Å²) in [6.45, 7) is 50.0. The predicted octanol–water partition coefficient (Wildman–Crippen LogP) is 8.03. The van der Waals surface area contributed by atoms with Crippen LogP contribution in [0.5, 0.6) is 0 Å². The van der Waals surface area contributed by atoms with Crippen molar-refractivity contribution in [2.75, 3.05) is 180 Å². The van der Waals surface area contributed by atoms with Crippen LogP contribution in [0.1, 0.15) is 131 Å². The van der Waals surface area contributed by atoms with Gasteiger partial charge in [-0.25, -0.2) is 30.2 Å². The topological polar surface area (TPSA) is 519 Å². The normalized spacial score (nSPS) is 22.2. The van der Waals surface area contributed by atoms with Gasteiger partial charge in [0.25, 0.3) is 25.2 Å². The molecule has 3 aliphatic rings. The summed E-state index contributed by atoms with van der Waals surface area (Å²) >= 11 is 0. The number of nitrogens with two attached hydrogens (primary N) is 1. The number of Topliss-reactive ketones (excluding diaryl/α,β-unsaturated/α-hetero) is 1. The summed E-state index contributed by atoms with van der Waals surface area (Å²) in [4.78, 5) is 123. The summed E-state index contributed by atoms with van der Waals surface area (Å²) in [6.07, 6.45) is -11.1. The summed E-state index contributed by atoms with van der Waals surface area (Å²) in [6, 6.07) is 9.28. The minimum absolute atomic E-state index is 0.0444. The first-order valence-electron chi connectivity index (χ1n) is 46.7. The van der Waals surface area contributed by atoms with E-state index < -0.39 is 204 Å². The molecule has 50 heteroatoms. The molecule has 0 aliphatic carbocycles. The molecule has 1 aromatic carbocycles. The zero-order chi connectivity index (χ0) is 106. The van der Waals surface area contributed by atoms with Gasteiger partial charge >= 0.3 is 17.1 Å². The number of hydrogen-bond donors (Lipinski definition) is 6. The average Bonchev–Trinajstić information content (AvgIpc) is 1.62. The Balaban J connectivity index is 0.000000436. The monoisotopic (exact) mass is 2100 g/mol. The lowest BCUT2D eigenvalue weighted by molar-refractivity contribution is -0.136. The van der Waals surface area contributed by atoms with Crippen LogP contribution in [0.25, 0.3) is 4.85 Å². The Morgan fingerprint density at radius 2 is 0.929 bits per heavy atom. The fraction of sp³-hybridized carbons (Fsp3) is 0.756. The molecular weight excluding hydrogens is 1940 g/mol. The number of carbonyl (C=O) groups excluding carboxylic acids is 3. The minimum atomic E-state index is -3.30. The number of hydrogen-bond acceptors (Lipinski definition) is 35. The maximum Gasteiger partial charge on any atom is 0.335 e. The Morgan fingerprint density at radius 1 is 0.564 bits per heavy atom. The van der Waals surface area contributed by atoms with Crippen LogP contribution in [-0.2, 0) is 134 Å².